The highest BCUT2D eigenvalue weighted by Gasteiger charge is 2.13. The minimum Gasteiger partial charge on any atom is -0.488 e. The number of amides is 1. The van der Waals surface area contributed by atoms with Crippen molar-refractivity contribution in [1.82, 2.24) is 10.3 Å². The van der Waals surface area contributed by atoms with Crippen molar-refractivity contribution in [1.29, 1.82) is 5.26 Å². The molecule has 5 heteroatoms. The van der Waals surface area contributed by atoms with Crippen LogP contribution in [0.3, 0.4) is 0 Å². The average molecular weight is 317 g/mol. The van der Waals surface area contributed by atoms with E-state index < -0.39 is 5.91 Å². The van der Waals surface area contributed by atoms with Crippen LogP contribution in [0.15, 0.2) is 66.0 Å². The van der Waals surface area contributed by atoms with Gasteiger partial charge in [0.1, 0.15) is 24.0 Å². The molecule has 0 saturated carbocycles. The molecule has 2 aromatic rings. The average Bonchev–Trinajstić information content (AvgIpc) is 2.65. The lowest BCUT2D eigenvalue weighted by molar-refractivity contribution is -0.117. The molecule has 3 rings (SSSR count). The number of carbonyl (C=O) groups excluding carboxylic acids is 1. The molecule has 1 N–H and O–H groups in total. The summed E-state index contributed by atoms with van der Waals surface area (Å²) in [6.45, 7) is 0.655. The van der Waals surface area contributed by atoms with Crippen molar-refractivity contribution < 1.29 is 9.53 Å². The molecule has 1 aliphatic rings. The van der Waals surface area contributed by atoms with E-state index in [4.69, 9.17) is 4.74 Å². The molecule has 1 aromatic carbocycles. The van der Waals surface area contributed by atoms with Crippen LogP contribution in [-0.2, 0) is 11.3 Å². The lowest BCUT2D eigenvalue weighted by Gasteiger charge is -2.16. The van der Waals surface area contributed by atoms with E-state index in [0.29, 0.717) is 13.2 Å². The van der Waals surface area contributed by atoms with Crippen molar-refractivity contribution >= 4 is 12.0 Å². The number of aromatic nitrogens is 1. The predicted octanol–water partition coefficient (Wildman–Crippen LogP) is 2.62. The molecule has 24 heavy (non-hydrogen) atoms. The van der Waals surface area contributed by atoms with E-state index in [9.17, 15) is 10.1 Å². The van der Waals surface area contributed by atoms with Crippen molar-refractivity contribution in [2.24, 2.45) is 0 Å². The highest BCUT2D eigenvalue weighted by Crippen LogP contribution is 2.26. The first kappa shape index (κ1) is 15.5. The summed E-state index contributed by atoms with van der Waals surface area (Å²) in [7, 11) is 0. The summed E-state index contributed by atoms with van der Waals surface area (Å²) in [6, 6.07) is 13.2. The van der Waals surface area contributed by atoms with Crippen LogP contribution in [0, 0.1) is 11.3 Å². The monoisotopic (exact) mass is 317 g/mol. The van der Waals surface area contributed by atoms with Crippen LogP contribution < -0.4 is 10.1 Å². The van der Waals surface area contributed by atoms with Crippen LogP contribution in [0.25, 0.3) is 6.08 Å². The van der Waals surface area contributed by atoms with Gasteiger partial charge >= 0.3 is 0 Å². The first-order chi connectivity index (χ1) is 11.8. The molecule has 0 aliphatic carbocycles. The summed E-state index contributed by atoms with van der Waals surface area (Å²) in [5, 5.41) is 12.0. The molecular weight excluding hydrogens is 302 g/mol. The molecule has 0 spiro atoms. The Morgan fingerprint density at radius 2 is 2.21 bits per heavy atom. The Labute approximate surface area is 139 Å². The number of para-hydroxylation sites is 1. The SMILES string of the molecule is N#CC(=CC1=Cc2ccccc2OC1)C(=O)NCc1cccnc1. The zero-order valence-corrected chi connectivity index (χ0v) is 12.9. The minimum atomic E-state index is -0.416. The number of hydrogen-bond donors (Lipinski definition) is 1. The number of nitrogens with zero attached hydrogens (tertiary/aromatic N) is 2. The third kappa shape index (κ3) is 3.68. The molecule has 1 aliphatic heterocycles. The number of ether oxygens (including phenoxy) is 1. The number of rotatable bonds is 4. The van der Waals surface area contributed by atoms with Crippen LogP contribution in [-0.4, -0.2) is 17.5 Å². The van der Waals surface area contributed by atoms with Crippen molar-refractivity contribution in [2.75, 3.05) is 6.61 Å². The molecular formula is C19H15N3O2. The second-order valence-electron chi connectivity index (χ2n) is 5.26. The lowest BCUT2D eigenvalue weighted by Crippen LogP contribution is -2.24. The van der Waals surface area contributed by atoms with E-state index in [1.54, 1.807) is 24.5 Å². The number of carbonyl (C=O) groups is 1. The van der Waals surface area contributed by atoms with Gasteiger partial charge in [0.2, 0.25) is 0 Å². The quantitative estimate of drug-likeness (QED) is 0.695. The van der Waals surface area contributed by atoms with Gasteiger partial charge in [0, 0.05) is 24.5 Å². The van der Waals surface area contributed by atoms with Gasteiger partial charge in [-0.1, -0.05) is 24.3 Å². The molecule has 5 nitrogen and oxygen atoms in total. The number of pyridine rings is 1. The summed E-state index contributed by atoms with van der Waals surface area (Å²) < 4.78 is 5.63. The van der Waals surface area contributed by atoms with E-state index in [0.717, 1.165) is 22.4 Å². The number of nitriles is 1. The summed E-state index contributed by atoms with van der Waals surface area (Å²) in [5.41, 5.74) is 2.63. The maximum Gasteiger partial charge on any atom is 0.262 e. The topological polar surface area (TPSA) is 75.0 Å². The molecule has 0 saturated heterocycles. The third-order valence-corrected chi connectivity index (χ3v) is 3.52. The van der Waals surface area contributed by atoms with Gasteiger partial charge in [-0.05, 0) is 35.4 Å². The highest BCUT2D eigenvalue weighted by molar-refractivity contribution is 5.98. The Morgan fingerprint density at radius 1 is 1.33 bits per heavy atom. The summed E-state index contributed by atoms with van der Waals surface area (Å²) in [6.07, 6.45) is 6.82. The van der Waals surface area contributed by atoms with Crippen molar-refractivity contribution in [3.05, 3.63) is 77.1 Å². The van der Waals surface area contributed by atoms with E-state index in [2.05, 4.69) is 10.3 Å². The fourth-order valence-electron chi connectivity index (χ4n) is 2.33. The van der Waals surface area contributed by atoms with Gasteiger partial charge in [-0.25, -0.2) is 0 Å². The van der Waals surface area contributed by atoms with Crippen LogP contribution >= 0.6 is 0 Å². The van der Waals surface area contributed by atoms with Crippen molar-refractivity contribution in [3.8, 4) is 11.8 Å². The van der Waals surface area contributed by atoms with E-state index in [-0.39, 0.29) is 5.57 Å². The number of benzene rings is 1. The van der Waals surface area contributed by atoms with Gasteiger partial charge in [-0.3, -0.25) is 9.78 Å². The van der Waals surface area contributed by atoms with E-state index in [1.807, 2.05) is 42.5 Å². The van der Waals surface area contributed by atoms with Gasteiger partial charge in [0.25, 0.3) is 5.91 Å². The first-order valence-corrected chi connectivity index (χ1v) is 7.47. The standard InChI is InChI=1S/C19H15N3O2/c20-10-17(19(23)22-12-14-4-3-7-21-11-14)9-15-8-16-5-1-2-6-18(16)24-13-15/h1-9,11H,12-13H2,(H,22,23). The van der Waals surface area contributed by atoms with Gasteiger partial charge in [-0.2, -0.15) is 5.26 Å². The zero-order valence-electron chi connectivity index (χ0n) is 12.9. The van der Waals surface area contributed by atoms with Crippen LogP contribution in [0.2, 0.25) is 0 Å². The smallest absolute Gasteiger partial charge is 0.262 e. The second kappa shape index (κ2) is 7.25. The summed E-state index contributed by atoms with van der Waals surface area (Å²) in [4.78, 5) is 16.2. The van der Waals surface area contributed by atoms with Gasteiger partial charge in [0.15, 0.2) is 0 Å². The fourth-order valence-corrected chi connectivity index (χ4v) is 2.33. The zero-order chi connectivity index (χ0) is 16.8. The Balaban J connectivity index is 1.72. The Kier molecular flexibility index (Phi) is 4.68. The molecule has 1 aromatic heterocycles. The van der Waals surface area contributed by atoms with Gasteiger partial charge in [-0.15, -0.1) is 0 Å². The van der Waals surface area contributed by atoms with Crippen LogP contribution in [0.4, 0.5) is 0 Å². The molecule has 118 valence electrons. The second-order valence-corrected chi connectivity index (χ2v) is 5.26. The number of nitrogens with one attached hydrogen (secondary N) is 1. The lowest BCUT2D eigenvalue weighted by atomic mass is 10.1. The normalized spacial score (nSPS) is 13.1. The maximum atomic E-state index is 12.2. The van der Waals surface area contributed by atoms with Gasteiger partial charge < -0.3 is 10.1 Å². The van der Waals surface area contributed by atoms with Crippen LogP contribution in [0.1, 0.15) is 11.1 Å². The highest BCUT2D eigenvalue weighted by atomic mass is 16.5. The molecule has 0 radical (unpaired) electrons. The van der Waals surface area contributed by atoms with Crippen LogP contribution in [0.5, 0.6) is 5.75 Å². The van der Waals surface area contributed by atoms with Crippen molar-refractivity contribution in [2.45, 2.75) is 6.54 Å². The summed E-state index contributed by atoms with van der Waals surface area (Å²) in [5.74, 6) is 0.385. The van der Waals surface area contributed by atoms with E-state index >= 15 is 0 Å². The molecule has 0 atom stereocenters. The Morgan fingerprint density at radius 3 is 3.00 bits per heavy atom. The first-order valence-electron chi connectivity index (χ1n) is 7.47. The predicted molar refractivity (Wildman–Crippen MR) is 89.7 cm³/mol. The maximum absolute atomic E-state index is 12.2. The third-order valence-electron chi connectivity index (χ3n) is 3.52. The van der Waals surface area contributed by atoms with E-state index in [1.165, 1.54) is 0 Å². The van der Waals surface area contributed by atoms with Crippen molar-refractivity contribution in [3.63, 3.8) is 0 Å². The number of fused-ring (bicyclic) bond motifs is 1. The number of hydrogen-bond acceptors (Lipinski definition) is 4. The minimum absolute atomic E-state index is 0.0492. The molecule has 0 bridgehead atoms. The Bertz CT molecular complexity index is 848. The largest absolute Gasteiger partial charge is 0.488 e. The fraction of sp³-hybridized carbons (Fsp3) is 0.105. The molecule has 0 fully saturated rings. The Hall–Kier alpha value is -3.39. The molecule has 2 heterocycles. The summed E-state index contributed by atoms with van der Waals surface area (Å²) >= 11 is 0. The molecule has 1 amide bonds. The molecule has 0 unspecified atom stereocenters. The van der Waals surface area contributed by atoms with Gasteiger partial charge in [0.05, 0.1) is 0 Å².